The predicted octanol–water partition coefficient (Wildman–Crippen LogP) is 11.2. The van der Waals surface area contributed by atoms with Crippen molar-refractivity contribution in [1.29, 1.82) is 0 Å². The van der Waals surface area contributed by atoms with Crippen LogP contribution in [0.1, 0.15) is 5.56 Å². The molecule has 0 fully saturated rings. The SMILES string of the molecule is C(=C\[Si](c1ccccc1)(c1ccccc1)c1ccccc1)/c1ccc(N(c2ccc(-c3ccccc3)cc2)c2ccc(-c3ccccc3)cc2)cc1. The molecule has 0 bridgehead atoms. The summed E-state index contributed by atoms with van der Waals surface area (Å²) in [6, 6.07) is 80.9. The van der Waals surface area contributed by atoms with E-state index >= 15 is 0 Å². The largest absolute Gasteiger partial charge is 0.311 e. The molecule has 0 radical (unpaired) electrons. The molecular weight excluding hydrogens is 643 g/mol. The van der Waals surface area contributed by atoms with E-state index < -0.39 is 8.07 Å². The van der Waals surface area contributed by atoms with Crippen LogP contribution >= 0.6 is 0 Å². The Labute approximate surface area is 308 Å². The number of hydrogen-bond donors (Lipinski definition) is 0. The van der Waals surface area contributed by atoms with Crippen molar-refractivity contribution in [1.82, 2.24) is 0 Å². The fraction of sp³-hybridized carbons (Fsp3) is 0. The summed E-state index contributed by atoms with van der Waals surface area (Å²) in [5.41, 5.74) is 11.8. The van der Waals surface area contributed by atoms with Crippen molar-refractivity contribution < 1.29 is 0 Å². The molecule has 0 N–H and O–H groups in total. The van der Waals surface area contributed by atoms with Gasteiger partial charge in [-0.1, -0.05) is 200 Å². The van der Waals surface area contributed by atoms with Crippen LogP contribution < -0.4 is 20.5 Å². The summed E-state index contributed by atoms with van der Waals surface area (Å²) in [5, 5.41) is 4.10. The Balaban J connectivity index is 1.18. The first-order valence-corrected chi connectivity index (χ1v) is 19.9. The van der Waals surface area contributed by atoms with Crippen LogP contribution in [0, 0.1) is 0 Å². The second-order valence-corrected chi connectivity index (χ2v) is 16.7. The highest BCUT2D eigenvalue weighted by Gasteiger charge is 2.36. The van der Waals surface area contributed by atoms with E-state index in [-0.39, 0.29) is 0 Å². The number of nitrogens with zero attached hydrogens (tertiary/aromatic N) is 1. The minimum atomic E-state index is -2.51. The van der Waals surface area contributed by atoms with E-state index in [1.807, 2.05) is 0 Å². The number of benzene rings is 8. The molecule has 0 atom stereocenters. The molecular formula is C50H39NSi. The van der Waals surface area contributed by atoms with E-state index in [0.717, 1.165) is 17.1 Å². The summed E-state index contributed by atoms with van der Waals surface area (Å²) in [7, 11) is -2.51. The fourth-order valence-electron chi connectivity index (χ4n) is 7.16. The Morgan fingerprint density at radius 3 is 0.923 bits per heavy atom. The molecule has 8 aromatic carbocycles. The van der Waals surface area contributed by atoms with Crippen LogP contribution in [0.2, 0.25) is 0 Å². The lowest BCUT2D eigenvalue weighted by molar-refractivity contribution is 1.28. The maximum absolute atomic E-state index is 2.51. The third kappa shape index (κ3) is 6.80. The topological polar surface area (TPSA) is 3.24 Å². The second-order valence-electron chi connectivity index (χ2n) is 13.0. The highest BCUT2D eigenvalue weighted by molar-refractivity contribution is 7.15. The third-order valence-corrected chi connectivity index (χ3v) is 14.2. The number of rotatable bonds is 10. The van der Waals surface area contributed by atoms with E-state index in [1.165, 1.54) is 43.4 Å². The highest BCUT2D eigenvalue weighted by atomic mass is 28.3. The van der Waals surface area contributed by atoms with Crippen LogP contribution in [0.15, 0.2) is 230 Å². The van der Waals surface area contributed by atoms with Gasteiger partial charge in [-0.2, -0.15) is 0 Å². The van der Waals surface area contributed by atoms with E-state index in [9.17, 15) is 0 Å². The first-order chi connectivity index (χ1) is 25.8. The lowest BCUT2D eigenvalue weighted by atomic mass is 10.0. The molecule has 0 aliphatic rings. The summed E-state index contributed by atoms with van der Waals surface area (Å²) < 4.78 is 0. The molecule has 0 saturated carbocycles. The molecule has 0 aliphatic heterocycles. The van der Waals surface area contributed by atoms with Crippen molar-refractivity contribution in [3.63, 3.8) is 0 Å². The number of anilines is 3. The first-order valence-electron chi connectivity index (χ1n) is 17.8. The Morgan fingerprint density at radius 1 is 0.288 bits per heavy atom. The molecule has 52 heavy (non-hydrogen) atoms. The van der Waals surface area contributed by atoms with Gasteiger partial charge in [0.2, 0.25) is 0 Å². The van der Waals surface area contributed by atoms with Crippen molar-refractivity contribution in [3.8, 4) is 22.3 Å². The van der Waals surface area contributed by atoms with E-state index in [2.05, 4.69) is 241 Å². The van der Waals surface area contributed by atoms with Gasteiger partial charge in [-0.25, -0.2) is 0 Å². The summed E-state index contributed by atoms with van der Waals surface area (Å²) in [5.74, 6) is 0. The van der Waals surface area contributed by atoms with Gasteiger partial charge < -0.3 is 4.90 Å². The molecule has 8 aromatic rings. The predicted molar refractivity (Wildman–Crippen MR) is 225 cm³/mol. The van der Waals surface area contributed by atoms with Gasteiger partial charge >= 0.3 is 0 Å². The van der Waals surface area contributed by atoms with Gasteiger partial charge in [0.25, 0.3) is 0 Å². The van der Waals surface area contributed by atoms with Gasteiger partial charge in [0.1, 0.15) is 0 Å². The summed E-state index contributed by atoms with van der Waals surface area (Å²) in [6.07, 6.45) is 2.33. The van der Waals surface area contributed by atoms with E-state index in [0.29, 0.717) is 0 Å². The maximum Gasteiger partial charge on any atom is 0.172 e. The molecule has 0 heterocycles. The quantitative estimate of drug-likeness (QED) is 0.103. The van der Waals surface area contributed by atoms with Crippen molar-refractivity contribution >= 4 is 46.8 Å². The zero-order valence-corrected chi connectivity index (χ0v) is 30.0. The third-order valence-electron chi connectivity index (χ3n) is 9.83. The van der Waals surface area contributed by atoms with Crippen LogP contribution in [0.4, 0.5) is 17.1 Å². The van der Waals surface area contributed by atoms with Gasteiger partial charge in [0.05, 0.1) is 0 Å². The van der Waals surface area contributed by atoms with Crippen LogP contribution in [-0.4, -0.2) is 8.07 Å². The van der Waals surface area contributed by atoms with E-state index in [1.54, 1.807) is 0 Å². The highest BCUT2D eigenvalue weighted by Crippen LogP contribution is 2.37. The van der Waals surface area contributed by atoms with Gasteiger partial charge in [-0.05, 0) is 79.8 Å². The molecule has 0 spiro atoms. The zero-order valence-electron chi connectivity index (χ0n) is 29.0. The van der Waals surface area contributed by atoms with E-state index in [4.69, 9.17) is 0 Å². The fourth-order valence-corrected chi connectivity index (χ4v) is 11.3. The minimum Gasteiger partial charge on any atom is -0.311 e. The lowest BCUT2D eigenvalue weighted by Gasteiger charge is -2.30. The second kappa shape index (κ2) is 15.2. The first kappa shape index (κ1) is 32.7. The van der Waals surface area contributed by atoms with Crippen LogP contribution in [0.5, 0.6) is 0 Å². The average Bonchev–Trinajstić information content (AvgIpc) is 3.24. The monoisotopic (exact) mass is 681 g/mol. The standard InChI is InChI=1S/C50H39NSi/c1-6-16-41(17-7-1)43-28-34-46(35-29-43)51(47-36-30-44(31-37-47)42-18-8-2-9-19-42)45-32-26-40(27-33-45)38-39-52(48-20-10-3-11-21-48,49-22-12-4-13-23-49)50-24-14-5-15-25-50/h1-39H/b39-38+. The Bertz CT molecular complexity index is 2160. The lowest BCUT2D eigenvalue weighted by Crippen LogP contribution is -2.66. The molecule has 0 amide bonds. The molecule has 8 rings (SSSR count). The smallest absolute Gasteiger partial charge is 0.172 e. The van der Waals surface area contributed by atoms with Crippen molar-refractivity contribution in [2.75, 3.05) is 4.90 Å². The van der Waals surface area contributed by atoms with Gasteiger partial charge in [-0.15, -0.1) is 0 Å². The summed E-state index contributed by atoms with van der Waals surface area (Å²) in [4.78, 5) is 2.34. The van der Waals surface area contributed by atoms with Crippen LogP contribution in [0.3, 0.4) is 0 Å². The van der Waals surface area contributed by atoms with Gasteiger partial charge in [0, 0.05) is 17.1 Å². The molecule has 0 unspecified atom stereocenters. The molecule has 1 nitrogen and oxygen atoms in total. The van der Waals surface area contributed by atoms with Gasteiger partial charge in [0.15, 0.2) is 8.07 Å². The summed E-state index contributed by atoms with van der Waals surface area (Å²) in [6.45, 7) is 0. The molecule has 248 valence electrons. The Morgan fingerprint density at radius 2 is 0.577 bits per heavy atom. The van der Waals surface area contributed by atoms with Crippen molar-refractivity contribution in [2.45, 2.75) is 0 Å². The molecule has 0 aromatic heterocycles. The maximum atomic E-state index is 2.50. The molecule has 0 aliphatic carbocycles. The van der Waals surface area contributed by atoms with Crippen LogP contribution in [-0.2, 0) is 0 Å². The van der Waals surface area contributed by atoms with Gasteiger partial charge in [-0.3, -0.25) is 0 Å². The number of hydrogen-bond acceptors (Lipinski definition) is 1. The molecule has 2 heteroatoms. The Hall–Kier alpha value is -6.48. The van der Waals surface area contributed by atoms with Crippen molar-refractivity contribution in [2.24, 2.45) is 0 Å². The Kier molecular flexibility index (Phi) is 9.55. The average molecular weight is 682 g/mol. The van der Waals surface area contributed by atoms with Crippen molar-refractivity contribution in [3.05, 3.63) is 236 Å². The summed E-state index contributed by atoms with van der Waals surface area (Å²) >= 11 is 0. The zero-order chi connectivity index (χ0) is 35.0. The van der Waals surface area contributed by atoms with Crippen LogP contribution in [0.25, 0.3) is 28.3 Å². The normalized spacial score (nSPS) is 11.4. The minimum absolute atomic E-state index is 1.11. The molecule has 0 saturated heterocycles.